The first-order valence-electron chi connectivity index (χ1n) is 6.62. The lowest BCUT2D eigenvalue weighted by Gasteiger charge is -2.18. The predicted octanol–water partition coefficient (Wildman–Crippen LogP) is 2.55. The largest absolute Gasteiger partial charge is 0.493 e. The van der Waals surface area contributed by atoms with Crippen molar-refractivity contribution >= 4 is 11.6 Å². The Hall–Kier alpha value is -1.00. The molecule has 1 aromatic rings. The van der Waals surface area contributed by atoms with Gasteiger partial charge in [-0.1, -0.05) is 0 Å². The third-order valence-corrected chi connectivity index (χ3v) is 3.85. The van der Waals surface area contributed by atoms with Gasteiger partial charge in [-0.15, -0.1) is 11.6 Å². The summed E-state index contributed by atoms with van der Waals surface area (Å²) in [6.45, 7) is 3.00. The molecule has 0 amide bonds. The maximum absolute atomic E-state index is 5.81. The molecule has 1 aromatic heterocycles. The fraction of sp³-hybridized carbons (Fsp3) is 0.643. The molecule has 1 unspecified atom stereocenters. The van der Waals surface area contributed by atoms with E-state index in [1.807, 2.05) is 6.07 Å². The summed E-state index contributed by atoms with van der Waals surface area (Å²) < 4.78 is 10.7. The second-order valence-corrected chi connectivity index (χ2v) is 5.24. The smallest absolute Gasteiger partial charge is 0.183 e. The molecule has 19 heavy (non-hydrogen) atoms. The zero-order chi connectivity index (χ0) is 13.7. The number of halogens is 1. The number of methoxy groups -OCH3 is 2. The molecule has 1 saturated heterocycles. The highest BCUT2D eigenvalue weighted by Gasteiger charge is 2.23. The molecule has 1 aliphatic heterocycles. The van der Waals surface area contributed by atoms with Crippen LogP contribution in [0.3, 0.4) is 0 Å². The van der Waals surface area contributed by atoms with Crippen LogP contribution in [0.15, 0.2) is 12.3 Å². The quantitative estimate of drug-likeness (QED) is 0.752. The minimum atomic E-state index is 0.717. The summed E-state index contributed by atoms with van der Waals surface area (Å²) in [5, 5.41) is 0. The molecule has 1 atom stereocenters. The summed E-state index contributed by atoms with van der Waals surface area (Å²) >= 11 is 5.81. The van der Waals surface area contributed by atoms with Crippen LogP contribution < -0.4 is 9.47 Å². The lowest BCUT2D eigenvalue weighted by atomic mass is 10.1. The van der Waals surface area contributed by atoms with Gasteiger partial charge < -0.3 is 9.47 Å². The summed E-state index contributed by atoms with van der Waals surface area (Å²) in [4.78, 5) is 6.82. The topological polar surface area (TPSA) is 34.6 Å². The van der Waals surface area contributed by atoms with Gasteiger partial charge in [0.2, 0.25) is 0 Å². The Labute approximate surface area is 119 Å². The lowest BCUT2D eigenvalue weighted by Crippen LogP contribution is -2.21. The number of rotatable bonds is 6. The predicted molar refractivity (Wildman–Crippen MR) is 76.1 cm³/mol. The number of ether oxygens (including phenoxy) is 2. The molecule has 2 heterocycles. The Kier molecular flexibility index (Phi) is 5.28. The van der Waals surface area contributed by atoms with Crippen LogP contribution >= 0.6 is 11.6 Å². The molecule has 106 valence electrons. The van der Waals surface area contributed by atoms with Gasteiger partial charge in [0.15, 0.2) is 11.5 Å². The Morgan fingerprint density at radius 2 is 2.26 bits per heavy atom. The first kappa shape index (κ1) is 14.4. The number of likely N-dealkylation sites (tertiary alicyclic amines) is 1. The fourth-order valence-electron chi connectivity index (χ4n) is 2.62. The molecule has 5 heteroatoms. The Morgan fingerprint density at radius 3 is 2.95 bits per heavy atom. The average Bonchev–Trinajstić information content (AvgIpc) is 2.86. The summed E-state index contributed by atoms with van der Waals surface area (Å²) in [6, 6.07) is 1.82. The van der Waals surface area contributed by atoms with E-state index in [-0.39, 0.29) is 0 Å². The van der Waals surface area contributed by atoms with E-state index in [1.54, 1.807) is 20.4 Å². The fourth-order valence-corrected chi connectivity index (χ4v) is 2.93. The van der Waals surface area contributed by atoms with Crippen LogP contribution in [0, 0.1) is 5.92 Å². The summed E-state index contributed by atoms with van der Waals surface area (Å²) in [6.07, 6.45) is 4.09. The average molecular weight is 285 g/mol. The van der Waals surface area contributed by atoms with Gasteiger partial charge in [0, 0.05) is 31.2 Å². The number of nitrogens with zero attached hydrogens (tertiary/aromatic N) is 2. The van der Waals surface area contributed by atoms with Crippen LogP contribution in [-0.4, -0.2) is 43.1 Å². The van der Waals surface area contributed by atoms with Gasteiger partial charge in [-0.25, -0.2) is 0 Å². The van der Waals surface area contributed by atoms with Crippen molar-refractivity contribution in [3.8, 4) is 11.5 Å². The van der Waals surface area contributed by atoms with Gasteiger partial charge in [0.25, 0.3) is 0 Å². The molecule has 1 aliphatic rings. The van der Waals surface area contributed by atoms with E-state index in [9.17, 15) is 0 Å². The SMILES string of the molecule is COc1ccnc(CN2CCC(CCCl)C2)c1OC. The molecule has 0 spiro atoms. The minimum absolute atomic E-state index is 0.717. The van der Waals surface area contributed by atoms with Crippen LogP contribution in [-0.2, 0) is 6.54 Å². The van der Waals surface area contributed by atoms with E-state index in [1.165, 1.54) is 6.42 Å². The van der Waals surface area contributed by atoms with Crippen molar-refractivity contribution in [1.29, 1.82) is 0 Å². The van der Waals surface area contributed by atoms with Gasteiger partial charge in [0.05, 0.1) is 14.2 Å². The number of alkyl halides is 1. The van der Waals surface area contributed by atoms with Gasteiger partial charge in [-0.2, -0.15) is 0 Å². The highest BCUT2D eigenvalue weighted by atomic mass is 35.5. The van der Waals surface area contributed by atoms with Crippen molar-refractivity contribution in [3.63, 3.8) is 0 Å². The maximum atomic E-state index is 5.81. The molecular weight excluding hydrogens is 264 g/mol. The van der Waals surface area contributed by atoms with Gasteiger partial charge in [-0.3, -0.25) is 9.88 Å². The van der Waals surface area contributed by atoms with Crippen molar-refractivity contribution in [1.82, 2.24) is 9.88 Å². The lowest BCUT2D eigenvalue weighted by molar-refractivity contribution is 0.296. The van der Waals surface area contributed by atoms with Crippen molar-refractivity contribution in [2.24, 2.45) is 5.92 Å². The summed E-state index contributed by atoms with van der Waals surface area (Å²) in [5.74, 6) is 2.95. The number of hydrogen-bond donors (Lipinski definition) is 0. The Balaban J connectivity index is 2.03. The monoisotopic (exact) mass is 284 g/mol. The van der Waals surface area contributed by atoms with E-state index in [4.69, 9.17) is 21.1 Å². The molecule has 1 fully saturated rings. The van der Waals surface area contributed by atoms with Crippen molar-refractivity contribution in [2.45, 2.75) is 19.4 Å². The molecule has 0 radical (unpaired) electrons. The van der Waals surface area contributed by atoms with Gasteiger partial charge >= 0.3 is 0 Å². The van der Waals surface area contributed by atoms with Gasteiger partial charge in [-0.05, 0) is 25.3 Å². The number of pyridine rings is 1. The zero-order valence-electron chi connectivity index (χ0n) is 11.6. The van der Waals surface area contributed by atoms with Crippen molar-refractivity contribution < 1.29 is 9.47 Å². The maximum Gasteiger partial charge on any atom is 0.183 e. The van der Waals surface area contributed by atoms with Crippen LogP contribution in [0.4, 0.5) is 0 Å². The molecule has 4 nitrogen and oxygen atoms in total. The number of aromatic nitrogens is 1. The second kappa shape index (κ2) is 6.96. The first-order chi connectivity index (χ1) is 9.28. The van der Waals surface area contributed by atoms with Crippen molar-refractivity contribution in [3.05, 3.63) is 18.0 Å². The van der Waals surface area contributed by atoms with Crippen molar-refractivity contribution in [2.75, 3.05) is 33.2 Å². The van der Waals surface area contributed by atoms with E-state index >= 15 is 0 Å². The Morgan fingerprint density at radius 1 is 1.42 bits per heavy atom. The van der Waals surface area contributed by atoms with E-state index in [0.29, 0.717) is 5.92 Å². The molecule has 0 aliphatic carbocycles. The molecule has 0 N–H and O–H groups in total. The summed E-state index contributed by atoms with van der Waals surface area (Å²) in [5.41, 5.74) is 0.938. The third-order valence-electron chi connectivity index (χ3n) is 3.63. The van der Waals surface area contributed by atoms with Gasteiger partial charge in [0.1, 0.15) is 5.69 Å². The minimum Gasteiger partial charge on any atom is -0.493 e. The highest BCUT2D eigenvalue weighted by Crippen LogP contribution is 2.31. The third kappa shape index (κ3) is 3.51. The molecule has 0 aromatic carbocycles. The molecular formula is C14H21ClN2O2. The Bertz CT molecular complexity index is 414. The normalized spacial score (nSPS) is 19.6. The highest BCUT2D eigenvalue weighted by molar-refractivity contribution is 6.17. The standard InChI is InChI=1S/C14H21ClN2O2/c1-18-13-4-7-16-12(14(13)19-2)10-17-8-5-11(9-17)3-6-15/h4,7,11H,3,5-6,8-10H2,1-2H3. The number of hydrogen-bond acceptors (Lipinski definition) is 4. The van der Waals surface area contributed by atoms with E-state index in [2.05, 4.69) is 9.88 Å². The van der Waals surface area contributed by atoms with Crippen LogP contribution in [0.1, 0.15) is 18.5 Å². The van der Waals surface area contributed by atoms with Crippen LogP contribution in [0.2, 0.25) is 0 Å². The molecule has 0 saturated carbocycles. The zero-order valence-corrected chi connectivity index (χ0v) is 12.3. The van der Waals surface area contributed by atoms with E-state index < -0.39 is 0 Å². The summed E-state index contributed by atoms with van der Waals surface area (Å²) in [7, 11) is 3.30. The first-order valence-corrected chi connectivity index (χ1v) is 7.16. The van der Waals surface area contributed by atoms with Crippen LogP contribution in [0.25, 0.3) is 0 Å². The second-order valence-electron chi connectivity index (χ2n) is 4.86. The van der Waals surface area contributed by atoms with E-state index in [0.717, 1.165) is 49.1 Å². The molecule has 2 rings (SSSR count). The molecule has 0 bridgehead atoms. The van der Waals surface area contributed by atoms with Crippen LogP contribution in [0.5, 0.6) is 11.5 Å².